The van der Waals surface area contributed by atoms with Crippen molar-refractivity contribution in [2.45, 2.75) is 12.8 Å². The van der Waals surface area contributed by atoms with Crippen LogP contribution >= 0.6 is 0 Å². The second kappa shape index (κ2) is 3.60. The van der Waals surface area contributed by atoms with Gasteiger partial charge in [-0.3, -0.25) is 10.1 Å². The molecule has 1 aliphatic carbocycles. The van der Waals surface area contributed by atoms with Crippen molar-refractivity contribution in [2.75, 3.05) is 0 Å². The lowest BCUT2D eigenvalue weighted by molar-refractivity contribution is -0.385. The van der Waals surface area contributed by atoms with E-state index in [0.717, 1.165) is 11.6 Å². The largest absolute Gasteiger partial charge is 0.299 e. The van der Waals surface area contributed by atoms with Gasteiger partial charge in [0.05, 0.1) is 4.92 Å². The van der Waals surface area contributed by atoms with Gasteiger partial charge in [0.1, 0.15) is 0 Å². The summed E-state index contributed by atoms with van der Waals surface area (Å²) in [7, 11) is 0. The summed E-state index contributed by atoms with van der Waals surface area (Å²) in [6.07, 6.45) is 0. The highest BCUT2D eigenvalue weighted by Crippen LogP contribution is 2.51. The second-order valence-corrected chi connectivity index (χ2v) is 4.61. The molecule has 0 unspecified atom stereocenters. The number of rotatable bonds is 1. The zero-order valence-electron chi connectivity index (χ0n) is 9.98. The molecule has 2 aromatic carbocycles. The SMILES string of the molecule is Cc1ccc2c(c1)C(F)(F)c1cc([N+](=O)[O-])ccc1-2. The lowest BCUT2D eigenvalue weighted by Gasteiger charge is -2.12. The van der Waals surface area contributed by atoms with Crippen LogP contribution in [0.15, 0.2) is 36.4 Å². The first-order valence-corrected chi connectivity index (χ1v) is 5.69. The number of aryl methyl sites for hydroxylation is 1. The van der Waals surface area contributed by atoms with Gasteiger partial charge in [-0.25, -0.2) is 0 Å². The van der Waals surface area contributed by atoms with Crippen LogP contribution in [-0.2, 0) is 5.92 Å². The van der Waals surface area contributed by atoms with Crippen LogP contribution in [0, 0.1) is 17.0 Å². The summed E-state index contributed by atoms with van der Waals surface area (Å²) in [6.45, 7) is 1.74. The van der Waals surface area contributed by atoms with E-state index in [0.29, 0.717) is 11.1 Å². The molecule has 3 rings (SSSR count). The van der Waals surface area contributed by atoms with E-state index in [-0.39, 0.29) is 16.8 Å². The molecule has 0 N–H and O–H groups in total. The second-order valence-electron chi connectivity index (χ2n) is 4.61. The molecule has 0 aliphatic heterocycles. The van der Waals surface area contributed by atoms with Gasteiger partial charge >= 0.3 is 0 Å². The molecule has 0 aromatic heterocycles. The Morgan fingerprint density at radius 2 is 1.63 bits per heavy atom. The number of hydrogen-bond donors (Lipinski definition) is 0. The van der Waals surface area contributed by atoms with E-state index in [9.17, 15) is 18.9 Å². The molecule has 0 spiro atoms. The molecule has 1 aliphatic rings. The zero-order chi connectivity index (χ0) is 13.8. The molecule has 3 nitrogen and oxygen atoms in total. The predicted octanol–water partition coefficient (Wildman–Crippen LogP) is 4.02. The molecule has 2 aromatic rings. The molecule has 0 radical (unpaired) electrons. The fourth-order valence-corrected chi connectivity index (χ4v) is 2.44. The molecule has 0 atom stereocenters. The molecule has 0 fully saturated rings. The summed E-state index contributed by atoms with van der Waals surface area (Å²) in [4.78, 5) is 10.0. The van der Waals surface area contributed by atoms with Crippen molar-refractivity contribution in [2.24, 2.45) is 0 Å². The third kappa shape index (κ3) is 1.54. The first-order chi connectivity index (χ1) is 8.91. The lowest BCUT2D eigenvalue weighted by atomic mass is 10.0. The minimum atomic E-state index is -3.18. The Labute approximate surface area is 107 Å². The summed E-state index contributed by atoms with van der Waals surface area (Å²) in [5.41, 5.74) is 0.861. The van der Waals surface area contributed by atoms with Gasteiger partial charge in [-0.15, -0.1) is 0 Å². The van der Waals surface area contributed by atoms with E-state index >= 15 is 0 Å². The summed E-state index contributed by atoms with van der Waals surface area (Å²) in [5.74, 6) is -3.18. The van der Waals surface area contributed by atoms with Crippen molar-refractivity contribution < 1.29 is 13.7 Å². The van der Waals surface area contributed by atoms with E-state index in [2.05, 4.69) is 0 Å². The first-order valence-electron chi connectivity index (χ1n) is 5.69. The van der Waals surface area contributed by atoms with Gasteiger partial charge in [0.2, 0.25) is 0 Å². The summed E-state index contributed by atoms with van der Waals surface area (Å²) in [6, 6.07) is 8.43. The van der Waals surface area contributed by atoms with Gasteiger partial charge in [0, 0.05) is 23.3 Å². The van der Waals surface area contributed by atoms with Crippen LogP contribution < -0.4 is 0 Å². The molecular weight excluding hydrogens is 252 g/mol. The predicted molar refractivity (Wildman–Crippen MR) is 66.3 cm³/mol. The highest BCUT2D eigenvalue weighted by molar-refractivity contribution is 5.80. The number of nitrogens with zero attached hydrogens (tertiary/aromatic N) is 1. The van der Waals surface area contributed by atoms with Gasteiger partial charge < -0.3 is 0 Å². The minimum absolute atomic E-state index is 0.0806. The quantitative estimate of drug-likeness (QED) is 0.574. The number of hydrogen-bond acceptors (Lipinski definition) is 2. The molecule has 0 saturated carbocycles. The average Bonchev–Trinajstić information content (AvgIpc) is 2.58. The maximum absolute atomic E-state index is 14.3. The normalized spacial score (nSPS) is 14.9. The summed E-state index contributed by atoms with van der Waals surface area (Å²) in [5, 5.41) is 10.7. The first kappa shape index (κ1) is 11.8. The van der Waals surface area contributed by atoms with Crippen molar-refractivity contribution in [1.29, 1.82) is 0 Å². The Kier molecular flexibility index (Phi) is 2.23. The van der Waals surface area contributed by atoms with Crippen LogP contribution in [-0.4, -0.2) is 4.92 Å². The standard InChI is InChI=1S/C14H9F2NO2/c1-8-2-4-10-11-5-3-9(17(18)19)7-13(11)14(15,16)12(10)6-8/h2-7H,1H3. The molecule has 0 amide bonds. The Morgan fingerprint density at radius 3 is 2.26 bits per heavy atom. The Hall–Kier alpha value is -2.30. The smallest absolute Gasteiger partial charge is 0.258 e. The molecule has 5 heteroatoms. The van der Waals surface area contributed by atoms with Gasteiger partial charge in [0.25, 0.3) is 11.6 Å². The van der Waals surface area contributed by atoms with E-state index in [1.807, 2.05) is 0 Å². The van der Waals surface area contributed by atoms with Crippen molar-refractivity contribution in [3.8, 4) is 11.1 Å². The third-order valence-electron chi connectivity index (χ3n) is 3.36. The fraction of sp³-hybridized carbons (Fsp3) is 0.143. The molecule has 19 heavy (non-hydrogen) atoms. The molecule has 0 saturated heterocycles. The number of non-ortho nitro benzene ring substituents is 1. The summed E-state index contributed by atoms with van der Waals surface area (Å²) >= 11 is 0. The van der Waals surface area contributed by atoms with Crippen LogP contribution in [0.4, 0.5) is 14.5 Å². The number of nitro groups is 1. The van der Waals surface area contributed by atoms with Crippen molar-refractivity contribution >= 4 is 5.69 Å². The van der Waals surface area contributed by atoms with Crippen molar-refractivity contribution in [3.63, 3.8) is 0 Å². The highest BCUT2D eigenvalue weighted by atomic mass is 19.3. The van der Waals surface area contributed by atoms with Gasteiger partial charge in [-0.2, -0.15) is 8.78 Å². The number of fused-ring (bicyclic) bond motifs is 3. The van der Waals surface area contributed by atoms with Crippen LogP contribution in [0.3, 0.4) is 0 Å². The average molecular weight is 261 g/mol. The monoisotopic (exact) mass is 261 g/mol. The van der Waals surface area contributed by atoms with E-state index < -0.39 is 10.8 Å². The maximum Gasteiger partial charge on any atom is 0.299 e. The lowest BCUT2D eigenvalue weighted by Crippen LogP contribution is -2.11. The summed E-state index contributed by atoms with van der Waals surface area (Å²) < 4.78 is 28.7. The van der Waals surface area contributed by atoms with Crippen molar-refractivity contribution in [1.82, 2.24) is 0 Å². The maximum atomic E-state index is 14.3. The number of nitro benzene ring substituents is 1. The van der Waals surface area contributed by atoms with Crippen LogP contribution in [0.2, 0.25) is 0 Å². The van der Waals surface area contributed by atoms with E-state index in [1.54, 1.807) is 19.1 Å². The van der Waals surface area contributed by atoms with Gasteiger partial charge in [0.15, 0.2) is 0 Å². The molecule has 0 heterocycles. The third-order valence-corrected chi connectivity index (χ3v) is 3.36. The number of alkyl halides is 2. The fourth-order valence-electron chi connectivity index (χ4n) is 2.44. The van der Waals surface area contributed by atoms with Crippen LogP contribution in [0.5, 0.6) is 0 Å². The van der Waals surface area contributed by atoms with Gasteiger partial charge in [-0.05, 0) is 30.2 Å². The van der Waals surface area contributed by atoms with E-state index in [4.69, 9.17) is 0 Å². The minimum Gasteiger partial charge on any atom is -0.258 e. The number of halogens is 2. The van der Waals surface area contributed by atoms with Crippen LogP contribution in [0.25, 0.3) is 11.1 Å². The Balaban J connectivity index is 2.30. The van der Waals surface area contributed by atoms with Crippen molar-refractivity contribution in [3.05, 3.63) is 63.2 Å². The number of benzene rings is 2. The Bertz CT molecular complexity index is 711. The van der Waals surface area contributed by atoms with Crippen LogP contribution in [0.1, 0.15) is 16.7 Å². The van der Waals surface area contributed by atoms with Gasteiger partial charge in [-0.1, -0.05) is 17.7 Å². The zero-order valence-corrected chi connectivity index (χ0v) is 9.98. The molecular formula is C14H9F2NO2. The Morgan fingerprint density at radius 1 is 1.05 bits per heavy atom. The highest BCUT2D eigenvalue weighted by Gasteiger charge is 2.45. The van der Waals surface area contributed by atoms with E-state index in [1.165, 1.54) is 18.2 Å². The molecule has 96 valence electrons. The topological polar surface area (TPSA) is 43.1 Å². The molecule has 0 bridgehead atoms.